The van der Waals surface area contributed by atoms with Gasteiger partial charge in [0.15, 0.2) is 5.69 Å². The van der Waals surface area contributed by atoms with Crippen LogP contribution < -0.4 is 16.0 Å². The number of hydrogen-bond acceptors (Lipinski definition) is 8. The summed E-state index contributed by atoms with van der Waals surface area (Å²) in [5.41, 5.74) is 9.15. The Morgan fingerprint density at radius 2 is 1.94 bits per heavy atom. The van der Waals surface area contributed by atoms with Crippen molar-refractivity contribution in [2.75, 3.05) is 83.3 Å². The molecule has 168 valence electrons. The van der Waals surface area contributed by atoms with Crippen LogP contribution in [0.25, 0.3) is 5.69 Å². The summed E-state index contributed by atoms with van der Waals surface area (Å²) >= 11 is 0. The number of benzene rings is 1. The normalized spacial score (nSPS) is 18.3. The van der Waals surface area contributed by atoms with Crippen LogP contribution in [0.2, 0.25) is 0 Å². The zero-order valence-electron chi connectivity index (χ0n) is 18.2. The summed E-state index contributed by atoms with van der Waals surface area (Å²) in [6.07, 6.45) is 2.53. The number of rotatable bonds is 7. The SMILES string of the molecule is CN1CCN(c2ccc(-n3cc(C(=O)NCCCN4CCOCC4)nn3)cc2N)CC1. The monoisotopic (exact) mass is 428 g/mol. The highest BCUT2D eigenvalue weighted by Gasteiger charge is 2.17. The number of nitrogens with two attached hydrogens (primary N) is 1. The molecule has 0 radical (unpaired) electrons. The molecule has 0 spiro atoms. The predicted octanol–water partition coefficient (Wildman–Crippen LogP) is 0.0534. The lowest BCUT2D eigenvalue weighted by molar-refractivity contribution is 0.0374. The van der Waals surface area contributed by atoms with E-state index in [1.54, 1.807) is 10.9 Å². The Hall–Kier alpha value is -2.69. The molecule has 1 amide bonds. The topological polar surface area (TPSA) is 105 Å². The van der Waals surface area contributed by atoms with E-state index < -0.39 is 0 Å². The highest BCUT2D eigenvalue weighted by Crippen LogP contribution is 2.26. The van der Waals surface area contributed by atoms with Crippen LogP contribution in [0.5, 0.6) is 0 Å². The molecule has 1 aromatic heterocycles. The van der Waals surface area contributed by atoms with E-state index in [1.165, 1.54) is 0 Å². The van der Waals surface area contributed by atoms with Crippen molar-refractivity contribution in [3.8, 4) is 5.69 Å². The molecule has 10 nitrogen and oxygen atoms in total. The van der Waals surface area contributed by atoms with Gasteiger partial charge in [-0.15, -0.1) is 5.10 Å². The van der Waals surface area contributed by atoms with Crippen LogP contribution in [-0.4, -0.2) is 103 Å². The van der Waals surface area contributed by atoms with Crippen LogP contribution in [-0.2, 0) is 4.74 Å². The molecule has 0 bridgehead atoms. The summed E-state index contributed by atoms with van der Waals surface area (Å²) in [5, 5.41) is 11.1. The predicted molar refractivity (Wildman–Crippen MR) is 120 cm³/mol. The fourth-order valence-corrected chi connectivity index (χ4v) is 3.93. The van der Waals surface area contributed by atoms with E-state index in [2.05, 4.69) is 37.4 Å². The minimum atomic E-state index is -0.213. The number of anilines is 2. The van der Waals surface area contributed by atoms with Gasteiger partial charge in [0, 0.05) is 45.8 Å². The number of carbonyl (C=O) groups excluding carboxylic acids is 1. The van der Waals surface area contributed by atoms with Gasteiger partial charge in [-0.25, -0.2) is 4.68 Å². The third kappa shape index (κ3) is 5.52. The zero-order chi connectivity index (χ0) is 21.6. The molecule has 0 unspecified atom stereocenters. The first-order valence-electron chi connectivity index (χ1n) is 10.9. The number of nitrogen functional groups attached to an aromatic ring is 1. The van der Waals surface area contributed by atoms with Crippen molar-refractivity contribution in [1.29, 1.82) is 0 Å². The van der Waals surface area contributed by atoms with Crippen molar-refractivity contribution < 1.29 is 9.53 Å². The zero-order valence-corrected chi connectivity index (χ0v) is 18.2. The molecule has 1 aromatic carbocycles. The Morgan fingerprint density at radius 1 is 1.16 bits per heavy atom. The maximum Gasteiger partial charge on any atom is 0.273 e. The molecule has 10 heteroatoms. The second-order valence-electron chi connectivity index (χ2n) is 8.15. The molecule has 2 aromatic rings. The minimum Gasteiger partial charge on any atom is -0.397 e. The van der Waals surface area contributed by atoms with E-state index >= 15 is 0 Å². The summed E-state index contributed by atoms with van der Waals surface area (Å²) in [5.74, 6) is -0.213. The lowest BCUT2D eigenvalue weighted by Crippen LogP contribution is -2.44. The molecule has 0 saturated carbocycles. The molecule has 0 atom stereocenters. The van der Waals surface area contributed by atoms with E-state index in [0.717, 1.165) is 76.8 Å². The van der Waals surface area contributed by atoms with Gasteiger partial charge >= 0.3 is 0 Å². The number of likely N-dealkylation sites (N-methyl/N-ethyl adjacent to an activating group) is 1. The minimum absolute atomic E-state index is 0.213. The second kappa shape index (κ2) is 10.1. The van der Waals surface area contributed by atoms with E-state index in [4.69, 9.17) is 10.5 Å². The van der Waals surface area contributed by atoms with Crippen LogP contribution >= 0.6 is 0 Å². The average Bonchev–Trinajstić information content (AvgIpc) is 3.28. The number of ether oxygens (including phenoxy) is 1. The largest absolute Gasteiger partial charge is 0.397 e. The third-order valence-electron chi connectivity index (χ3n) is 5.89. The summed E-state index contributed by atoms with van der Waals surface area (Å²) in [4.78, 5) is 19.4. The summed E-state index contributed by atoms with van der Waals surface area (Å²) in [7, 11) is 2.13. The second-order valence-corrected chi connectivity index (χ2v) is 8.15. The van der Waals surface area contributed by atoms with Crippen LogP contribution in [0.3, 0.4) is 0 Å². The number of aromatic nitrogens is 3. The van der Waals surface area contributed by atoms with Gasteiger partial charge in [0.2, 0.25) is 0 Å². The molecule has 2 aliphatic heterocycles. The highest BCUT2D eigenvalue weighted by atomic mass is 16.5. The fraction of sp³-hybridized carbons (Fsp3) is 0.571. The van der Waals surface area contributed by atoms with Crippen LogP contribution in [0.15, 0.2) is 24.4 Å². The Morgan fingerprint density at radius 3 is 2.68 bits per heavy atom. The van der Waals surface area contributed by atoms with Crippen molar-refractivity contribution in [3.05, 3.63) is 30.1 Å². The van der Waals surface area contributed by atoms with E-state index in [0.29, 0.717) is 17.9 Å². The molecular formula is C21H32N8O2. The first kappa shape index (κ1) is 21.5. The van der Waals surface area contributed by atoms with Crippen LogP contribution in [0.1, 0.15) is 16.9 Å². The fourth-order valence-electron chi connectivity index (χ4n) is 3.93. The van der Waals surface area contributed by atoms with Crippen molar-refractivity contribution >= 4 is 17.3 Å². The van der Waals surface area contributed by atoms with Crippen LogP contribution in [0.4, 0.5) is 11.4 Å². The highest BCUT2D eigenvalue weighted by molar-refractivity contribution is 5.91. The molecule has 4 rings (SSSR count). The molecule has 0 aliphatic carbocycles. The Labute approximate surface area is 182 Å². The van der Waals surface area contributed by atoms with Gasteiger partial charge in [-0.2, -0.15) is 0 Å². The molecule has 2 saturated heterocycles. The Kier molecular flexibility index (Phi) is 7.00. The van der Waals surface area contributed by atoms with E-state index in [9.17, 15) is 4.79 Å². The van der Waals surface area contributed by atoms with E-state index in [-0.39, 0.29) is 5.91 Å². The molecule has 31 heavy (non-hydrogen) atoms. The smallest absolute Gasteiger partial charge is 0.273 e. The molecular weight excluding hydrogens is 396 g/mol. The Bertz CT molecular complexity index is 872. The summed E-state index contributed by atoms with van der Waals surface area (Å²) in [6.45, 7) is 9.01. The number of hydrogen-bond donors (Lipinski definition) is 2. The van der Waals surface area contributed by atoms with Crippen molar-refractivity contribution in [3.63, 3.8) is 0 Å². The first-order chi connectivity index (χ1) is 15.1. The molecule has 2 fully saturated rings. The summed E-state index contributed by atoms with van der Waals surface area (Å²) in [6, 6.07) is 5.86. The number of carbonyl (C=O) groups is 1. The number of nitrogens with one attached hydrogen (secondary N) is 1. The molecule has 3 heterocycles. The van der Waals surface area contributed by atoms with Gasteiger partial charge in [-0.05, 0) is 38.2 Å². The number of amides is 1. The quantitative estimate of drug-likeness (QED) is 0.471. The van der Waals surface area contributed by atoms with Gasteiger partial charge in [0.1, 0.15) is 0 Å². The first-order valence-corrected chi connectivity index (χ1v) is 10.9. The standard InChI is InChI=1S/C21H32N8O2/c1-26-7-9-28(10-8-26)20-4-3-17(15-18(20)22)29-16-19(24-25-29)21(30)23-5-2-6-27-11-13-31-14-12-27/h3-4,15-16H,2,5-14,22H2,1H3,(H,23,30). The lowest BCUT2D eigenvalue weighted by atomic mass is 10.2. The number of nitrogens with zero attached hydrogens (tertiary/aromatic N) is 6. The summed E-state index contributed by atoms with van der Waals surface area (Å²) < 4.78 is 6.94. The van der Waals surface area contributed by atoms with Crippen LogP contribution in [0, 0.1) is 0 Å². The van der Waals surface area contributed by atoms with Gasteiger partial charge in [-0.3, -0.25) is 9.69 Å². The third-order valence-corrected chi connectivity index (χ3v) is 5.89. The van der Waals surface area contributed by atoms with Crippen molar-refractivity contribution in [1.82, 2.24) is 30.1 Å². The maximum atomic E-state index is 12.4. The van der Waals surface area contributed by atoms with Gasteiger partial charge in [0.05, 0.1) is 36.5 Å². The number of piperazine rings is 1. The van der Waals surface area contributed by atoms with Gasteiger partial charge in [-0.1, -0.05) is 5.21 Å². The van der Waals surface area contributed by atoms with Gasteiger partial charge in [0.25, 0.3) is 5.91 Å². The number of morpholine rings is 1. The molecule has 3 N–H and O–H groups in total. The van der Waals surface area contributed by atoms with Crippen molar-refractivity contribution in [2.24, 2.45) is 0 Å². The molecule has 2 aliphatic rings. The lowest BCUT2D eigenvalue weighted by Gasteiger charge is -2.34. The van der Waals surface area contributed by atoms with E-state index in [1.807, 2.05) is 18.2 Å². The maximum absolute atomic E-state index is 12.4. The Balaban J connectivity index is 1.30. The van der Waals surface area contributed by atoms with Gasteiger partial charge < -0.3 is 25.6 Å². The average molecular weight is 429 g/mol. The van der Waals surface area contributed by atoms with Crippen molar-refractivity contribution in [2.45, 2.75) is 6.42 Å².